The van der Waals surface area contributed by atoms with Gasteiger partial charge in [-0.25, -0.2) is 15.0 Å². The predicted octanol–water partition coefficient (Wildman–Crippen LogP) is 0.774. The molecule has 24 heavy (non-hydrogen) atoms. The van der Waals surface area contributed by atoms with Gasteiger partial charge in [0.1, 0.15) is 17.3 Å². The number of aryl methyl sites for hydroxylation is 1. The molecule has 1 saturated heterocycles. The lowest BCUT2D eigenvalue weighted by atomic mass is 10.1. The molecule has 2 aromatic rings. The van der Waals surface area contributed by atoms with Crippen LogP contribution >= 0.6 is 0 Å². The van der Waals surface area contributed by atoms with Crippen molar-refractivity contribution in [2.24, 2.45) is 0 Å². The van der Waals surface area contributed by atoms with Crippen molar-refractivity contribution in [2.45, 2.75) is 32.7 Å². The van der Waals surface area contributed by atoms with E-state index in [0.717, 1.165) is 17.9 Å². The standard InChI is InChI=1S/C16H20N6O2/c1-10-17-5-3-14(20-10)16(24)22-6-4-12(9-22)15-19-8-13(21-15)7-18-11(2)23/h3,5,8,12H,4,6-7,9H2,1-2H3,(H,18,23)(H,19,21)/t12-/m1/s1. The summed E-state index contributed by atoms with van der Waals surface area (Å²) in [4.78, 5) is 41.1. The van der Waals surface area contributed by atoms with E-state index < -0.39 is 0 Å². The molecule has 0 saturated carbocycles. The van der Waals surface area contributed by atoms with E-state index in [-0.39, 0.29) is 17.7 Å². The number of likely N-dealkylation sites (tertiary alicyclic amines) is 1. The topological polar surface area (TPSA) is 104 Å². The Balaban J connectivity index is 1.63. The van der Waals surface area contributed by atoms with Gasteiger partial charge >= 0.3 is 0 Å². The molecule has 0 unspecified atom stereocenters. The van der Waals surface area contributed by atoms with Crippen LogP contribution in [0.2, 0.25) is 0 Å². The quantitative estimate of drug-likeness (QED) is 0.863. The van der Waals surface area contributed by atoms with E-state index in [2.05, 4.69) is 25.3 Å². The maximum Gasteiger partial charge on any atom is 0.272 e. The van der Waals surface area contributed by atoms with Crippen LogP contribution in [-0.2, 0) is 11.3 Å². The van der Waals surface area contributed by atoms with Crippen molar-refractivity contribution in [2.75, 3.05) is 13.1 Å². The number of aromatic nitrogens is 4. The summed E-state index contributed by atoms with van der Waals surface area (Å²) < 4.78 is 0. The van der Waals surface area contributed by atoms with Crippen LogP contribution < -0.4 is 5.32 Å². The molecule has 3 heterocycles. The Morgan fingerprint density at radius 3 is 3.00 bits per heavy atom. The average molecular weight is 328 g/mol. The zero-order valence-electron chi connectivity index (χ0n) is 13.7. The third-order valence-electron chi connectivity index (χ3n) is 4.03. The molecule has 0 spiro atoms. The second-order valence-corrected chi connectivity index (χ2v) is 5.93. The number of nitrogens with zero attached hydrogens (tertiary/aromatic N) is 4. The summed E-state index contributed by atoms with van der Waals surface area (Å²) in [5.41, 5.74) is 1.28. The monoisotopic (exact) mass is 328 g/mol. The Bertz CT molecular complexity index is 757. The first-order valence-corrected chi connectivity index (χ1v) is 7.90. The Labute approximate surface area is 139 Å². The molecule has 2 N–H and O–H groups in total. The highest BCUT2D eigenvalue weighted by Crippen LogP contribution is 2.26. The molecule has 8 nitrogen and oxygen atoms in total. The van der Waals surface area contributed by atoms with Crippen molar-refractivity contribution in [3.05, 3.63) is 41.5 Å². The van der Waals surface area contributed by atoms with Crippen LogP contribution in [0.3, 0.4) is 0 Å². The lowest BCUT2D eigenvalue weighted by molar-refractivity contribution is -0.119. The summed E-state index contributed by atoms with van der Waals surface area (Å²) in [5.74, 6) is 1.45. The van der Waals surface area contributed by atoms with Gasteiger partial charge in [-0.3, -0.25) is 9.59 Å². The van der Waals surface area contributed by atoms with Gasteiger partial charge in [0.2, 0.25) is 5.91 Å². The number of hydrogen-bond acceptors (Lipinski definition) is 5. The molecule has 0 radical (unpaired) electrons. The number of hydrogen-bond donors (Lipinski definition) is 2. The molecule has 126 valence electrons. The third kappa shape index (κ3) is 3.58. The van der Waals surface area contributed by atoms with Crippen LogP contribution in [0.25, 0.3) is 0 Å². The van der Waals surface area contributed by atoms with Gasteiger partial charge in [0.05, 0.1) is 18.4 Å². The summed E-state index contributed by atoms with van der Waals surface area (Å²) in [6, 6.07) is 1.64. The van der Waals surface area contributed by atoms with Crippen LogP contribution in [0.15, 0.2) is 18.5 Å². The summed E-state index contributed by atoms with van der Waals surface area (Å²) >= 11 is 0. The van der Waals surface area contributed by atoms with E-state index in [0.29, 0.717) is 31.2 Å². The number of amides is 2. The third-order valence-corrected chi connectivity index (χ3v) is 4.03. The molecule has 0 aromatic carbocycles. The first-order valence-electron chi connectivity index (χ1n) is 7.90. The van der Waals surface area contributed by atoms with E-state index in [1.54, 1.807) is 30.3 Å². The Morgan fingerprint density at radius 1 is 1.42 bits per heavy atom. The summed E-state index contributed by atoms with van der Waals surface area (Å²) in [6.45, 7) is 4.96. The van der Waals surface area contributed by atoms with Crippen molar-refractivity contribution in [1.82, 2.24) is 30.2 Å². The normalized spacial score (nSPS) is 17.1. The van der Waals surface area contributed by atoms with Crippen LogP contribution in [0.5, 0.6) is 0 Å². The van der Waals surface area contributed by atoms with E-state index in [1.165, 1.54) is 6.92 Å². The molecule has 1 aliphatic heterocycles. The summed E-state index contributed by atoms with van der Waals surface area (Å²) in [6.07, 6.45) is 4.18. The molecule has 2 amide bonds. The van der Waals surface area contributed by atoms with Crippen molar-refractivity contribution >= 4 is 11.8 Å². The first kappa shape index (κ1) is 16.1. The zero-order chi connectivity index (χ0) is 17.1. The molecule has 2 aromatic heterocycles. The first-order chi connectivity index (χ1) is 11.5. The minimum absolute atomic E-state index is 0.0759. The van der Waals surface area contributed by atoms with Crippen LogP contribution in [0.4, 0.5) is 0 Å². The average Bonchev–Trinajstić information content (AvgIpc) is 3.21. The van der Waals surface area contributed by atoms with Crippen molar-refractivity contribution in [1.29, 1.82) is 0 Å². The molecule has 0 bridgehead atoms. The number of aromatic amines is 1. The number of H-pyrrole nitrogens is 1. The number of rotatable bonds is 4. The van der Waals surface area contributed by atoms with E-state index >= 15 is 0 Å². The number of carbonyl (C=O) groups is 2. The molecule has 8 heteroatoms. The van der Waals surface area contributed by atoms with Crippen LogP contribution in [-0.4, -0.2) is 49.7 Å². The minimum atomic E-state index is -0.0797. The fraction of sp³-hybridized carbons (Fsp3) is 0.438. The lowest BCUT2D eigenvalue weighted by Crippen LogP contribution is -2.29. The van der Waals surface area contributed by atoms with Crippen molar-refractivity contribution in [3.63, 3.8) is 0 Å². The van der Waals surface area contributed by atoms with Gasteiger partial charge in [-0.2, -0.15) is 0 Å². The van der Waals surface area contributed by atoms with Gasteiger partial charge in [0.25, 0.3) is 5.91 Å². The van der Waals surface area contributed by atoms with Crippen molar-refractivity contribution < 1.29 is 9.59 Å². The largest absolute Gasteiger partial charge is 0.351 e. The lowest BCUT2D eigenvalue weighted by Gasteiger charge is -2.15. The van der Waals surface area contributed by atoms with E-state index in [1.807, 2.05) is 0 Å². The highest BCUT2D eigenvalue weighted by atomic mass is 16.2. The fourth-order valence-corrected chi connectivity index (χ4v) is 2.80. The highest BCUT2D eigenvalue weighted by Gasteiger charge is 2.30. The molecule has 1 aliphatic rings. The second kappa shape index (κ2) is 6.77. The van der Waals surface area contributed by atoms with Gasteiger partial charge in [-0.15, -0.1) is 0 Å². The Kier molecular flexibility index (Phi) is 4.54. The zero-order valence-corrected chi connectivity index (χ0v) is 13.7. The molecule has 1 atom stereocenters. The SMILES string of the molecule is CC(=O)NCc1cnc([C@@H]2CCN(C(=O)c3ccnc(C)n3)C2)[nH]1. The minimum Gasteiger partial charge on any atom is -0.351 e. The number of imidazole rings is 1. The number of nitrogens with one attached hydrogen (secondary N) is 2. The van der Waals surface area contributed by atoms with Crippen LogP contribution in [0, 0.1) is 6.92 Å². The van der Waals surface area contributed by atoms with Gasteiger partial charge < -0.3 is 15.2 Å². The summed E-state index contributed by atoms with van der Waals surface area (Å²) in [5, 5.41) is 2.73. The maximum absolute atomic E-state index is 12.5. The molecule has 1 fully saturated rings. The van der Waals surface area contributed by atoms with Gasteiger partial charge in [0, 0.05) is 32.1 Å². The van der Waals surface area contributed by atoms with Crippen molar-refractivity contribution in [3.8, 4) is 0 Å². The predicted molar refractivity (Wildman–Crippen MR) is 86.1 cm³/mol. The highest BCUT2D eigenvalue weighted by molar-refractivity contribution is 5.92. The molecule has 3 rings (SSSR count). The van der Waals surface area contributed by atoms with Gasteiger partial charge in [-0.1, -0.05) is 0 Å². The maximum atomic E-state index is 12.5. The fourth-order valence-electron chi connectivity index (χ4n) is 2.80. The molecular weight excluding hydrogens is 308 g/mol. The van der Waals surface area contributed by atoms with Gasteiger partial charge in [-0.05, 0) is 19.4 Å². The summed E-state index contributed by atoms with van der Waals surface area (Å²) in [7, 11) is 0. The van der Waals surface area contributed by atoms with E-state index in [9.17, 15) is 9.59 Å². The molecular formula is C16H20N6O2. The van der Waals surface area contributed by atoms with Crippen LogP contribution in [0.1, 0.15) is 47.1 Å². The Morgan fingerprint density at radius 2 is 2.25 bits per heavy atom. The second-order valence-electron chi connectivity index (χ2n) is 5.93. The smallest absolute Gasteiger partial charge is 0.272 e. The van der Waals surface area contributed by atoms with E-state index in [4.69, 9.17) is 0 Å². The van der Waals surface area contributed by atoms with Gasteiger partial charge in [0.15, 0.2) is 0 Å². The number of carbonyl (C=O) groups excluding carboxylic acids is 2. The Hall–Kier alpha value is -2.77. The molecule has 0 aliphatic carbocycles.